The fourth-order valence-corrected chi connectivity index (χ4v) is 2.29. The maximum atomic E-state index is 12.0. The first kappa shape index (κ1) is 11.1. The second-order valence-electron chi connectivity index (χ2n) is 4.21. The van der Waals surface area contributed by atoms with Gasteiger partial charge in [-0.15, -0.1) is 0 Å². The lowest BCUT2D eigenvalue weighted by Gasteiger charge is -2.15. The Hall–Kier alpha value is -1.38. The van der Waals surface area contributed by atoms with Crippen LogP contribution in [0, 0.1) is 0 Å². The van der Waals surface area contributed by atoms with Crippen molar-refractivity contribution in [3.05, 3.63) is 24.0 Å². The SMILES string of the molecule is COc1cccnc1C1CCCCCC1=O. The molecule has 16 heavy (non-hydrogen) atoms. The van der Waals surface area contributed by atoms with E-state index < -0.39 is 0 Å². The Morgan fingerprint density at radius 2 is 2.25 bits per heavy atom. The Labute approximate surface area is 95.8 Å². The average molecular weight is 219 g/mol. The summed E-state index contributed by atoms with van der Waals surface area (Å²) in [5.74, 6) is 0.996. The Morgan fingerprint density at radius 1 is 1.38 bits per heavy atom. The molecular formula is C13H17NO2. The van der Waals surface area contributed by atoms with Gasteiger partial charge in [-0.3, -0.25) is 9.78 Å². The second-order valence-corrected chi connectivity index (χ2v) is 4.21. The average Bonchev–Trinajstić information content (AvgIpc) is 2.54. The summed E-state index contributed by atoms with van der Waals surface area (Å²) >= 11 is 0. The smallest absolute Gasteiger partial charge is 0.142 e. The molecule has 0 N–H and O–H groups in total. The summed E-state index contributed by atoms with van der Waals surface area (Å²) in [6.45, 7) is 0. The number of pyridine rings is 1. The number of ether oxygens (including phenoxy) is 1. The number of carbonyl (C=O) groups is 1. The van der Waals surface area contributed by atoms with E-state index in [-0.39, 0.29) is 5.92 Å². The molecule has 0 aromatic carbocycles. The van der Waals surface area contributed by atoms with Crippen molar-refractivity contribution in [2.24, 2.45) is 0 Å². The van der Waals surface area contributed by atoms with Crippen LogP contribution in [0.2, 0.25) is 0 Å². The largest absolute Gasteiger partial charge is 0.495 e. The highest BCUT2D eigenvalue weighted by Crippen LogP contribution is 2.32. The van der Waals surface area contributed by atoms with Crippen LogP contribution >= 0.6 is 0 Å². The molecule has 0 amide bonds. The van der Waals surface area contributed by atoms with Crippen LogP contribution < -0.4 is 4.74 Å². The number of carbonyl (C=O) groups excluding carboxylic acids is 1. The minimum atomic E-state index is -0.0568. The van der Waals surface area contributed by atoms with E-state index in [1.807, 2.05) is 12.1 Å². The van der Waals surface area contributed by atoms with Crippen molar-refractivity contribution >= 4 is 5.78 Å². The van der Waals surface area contributed by atoms with E-state index in [1.165, 1.54) is 0 Å². The van der Waals surface area contributed by atoms with Crippen molar-refractivity contribution in [3.63, 3.8) is 0 Å². The molecule has 1 heterocycles. The van der Waals surface area contributed by atoms with Crippen molar-refractivity contribution in [2.75, 3.05) is 7.11 Å². The molecule has 0 aliphatic heterocycles. The number of nitrogens with zero attached hydrogens (tertiary/aromatic N) is 1. The quantitative estimate of drug-likeness (QED) is 0.718. The van der Waals surface area contributed by atoms with Crippen LogP contribution in [0.25, 0.3) is 0 Å². The molecule has 1 aromatic rings. The van der Waals surface area contributed by atoms with E-state index in [1.54, 1.807) is 13.3 Å². The molecule has 1 aliphatic rings. The maximum Gasteiger partial charge on any atom is 0.142 e. The fraction of sp³-hybridized carbons (Fsp3) is 0.538. The third-order valence-corrected chi connectivity index (χ3v) is 3.15. The molecular weight excluding hydrogens is 202 g/mol. The van der Waals surface area contributed by atoms with Crippen LogP contribution in [-0.4, -0.2) is 17.9 Å². The van der Waals surface area contributed by atoms with Crippen LogP contribution in [0.4, 0.5) is 0 Å². The number of Topliss-reactive ketones (excluding diaryl/α,β-unsaturated/α-hetero) is 1. The molecule has 0 spiro atoms. The lowest BCUT2D eigenvalue weighted by Crippen LogP contribution is -2.13. The van der Waals surface area contributed by atoms with Crippen LogP contribution in [0.5, 0.6) is 5.75 Å². The van der Waals surface area contributed by atoms with Gasteiger partial charge in [0.05, 0.1) is 18.7 Å². The third-order valence-electron chi connectivity index (χ3n) is 3.15. The number of hydrogen-bond donors (Lipinski definition) is 0. The van der Waals surface area contributed by atoms with E-state index in [0.717, 1.165) is 37.1 Å². The molecule has 1 saturated carbocycles. The molecule has 0 radical (unpaired) electrons. The molecule has 1 atom stereocenters. The van der Waals surface area contributed by atoms with E-state index in [2.05, 4.69) is 4.98 Å². The number of hydrogen-bond acceptors (Lipinski definition) is 3. The molecule has 1 fully saturated rings. The van der Waals surface area contributed by atoms with Crippen molar-refractivity contribution < 1.29 is 9.53 Å². The Bertz CT molecular complexity index is 376. The number of aromatic nitrogens is 1. The monoisotopic (exact) mass is 219 g/mol. The molecule has 3 heteroatoms. The number of ketones is 1. The molecule has 86 valence electrons. The van der Waals surface area contributed by atoms with Crippen LogP contribution in [0.3, 0.4) is 0 Å². The standard InChI is InChI=1S/C13H17NO2/c1-16-12-8-5-9-14-13(12)10-6-3-2-4-7-11(10)15/h5,8-10H,2-4,6-7H2,1H3. The number of rotatable bonds is 2. The highest BCUT2D eigenvalue weighted by atomic mass is 16.5. The zero-order valence-electron chi connectivity index (χ0n) is 9.61. The van der Waals surface area contributed by atoms with Gasteiger partial charge in [-0.2, -0.15) is 0 Å². The van der Waals surface area contributed by atoms with Crippen molar-refractivity contribution in [1.29, 1.82) is 0 Å². The molecule has 3 nitrogen and oxygen atoms in total. The van der Waals surface area contributed by atoms with Crippen LogP contribution in [-0.2, 0) is 4.79 Å². The molecule has 1 unspecified atom stereocenters. The minimum absolute atomic E-state index is 0.0568. The first-order valence-corrected chi connectivity index (χ1v) is 5.84. The Kier molecular flexibility index (Phi) is 3.54. The zero-order chi connectivity index (χ0) is 11.4. The van der Waals surface area contributed by atoms with Gasteiger partial charge in [0.25, 0.3) is 0 Å². The number of methoxy groups -OCH3 is 1. The van der Waals surface area contributed by atoms with Gasteiger partial charge in [-0.05, 0) is 25.0 Å². The van der Waals surface area contributed by atoms with Crippen molar-refractivity contribution in [3.8, 4) is 5.75 Å². The van der Waals surface area contributed by atoms with Crippen LogP contribution in [0.1, 0.15) is 43.7 Å². The summed E-state index contributed by atoms with van der Waals surface area (Å²) in [5.41, 5.74) is 0.817. The summed E-state index contributed by atoms with van der Waals surface area (Å²) in [6, 6.07) is 3.71. The predicted octanol–water partition coefficient (Wildman–Crippen LogP) is 2.71. The van der Waals surface area contributed by atoms with Gasteiger partial charge < -0.3 is 4.74 Å². The van der Waals surface area contributed by atoms with E-state index in [9.17, 15) is 4.79 Å². The zero-order valence-corrected chi connectivity index (χ0v) is 9.61. The predicted molar refractivity (Wildman–Crippen MR) is 61.6 cm³/mol. The normalized spacial score (nSPS) is 21.6. The lowest BCUT2D eigenvalue weighted by atomic mass is 9.94. The summed E-state index contributed by atoms with van der Waals surface area (Å²) in [7, 11) is 1.63. The van der Waals surface area contributed by atoms with Gasteiger partial charge in [-0.25, -0.2) is 0 Å². The molecule has 2 rings (SSSR count). The maximum absolute atomic E-state index is 12.0. The van der Waals surface area contributed by atoms with E-state index in [4.69, 9.17) is 4.74 Å². The fourth-order valence-electron chi connectivity index (χ4n) is 2.29. The van der Waals surface area contributed by atoms with Gasteiger partial charge in [0.1, 0.15) is 11.5 Å². The van der Waals surface area contributed by atoms with E-state index >= 15 is 0 Å². The second kappa shape index (κ2) is 5.10. The molecule has 1 aliphatic carbocycles. The summed E-state index contributed by atoms with van der Waals surface area (Å²) < 4.78 is 5.27. The highest BCUT2D eigenvalue weighted by Gasteiger charge is 2.26. The Balaban J connectivity index is 2.30. The van der Waals surface area contributed by atoms with Gasteiger partial charge in [0.2, 0.25) is 0 Å². The highest BCUT2D eigenvalue weighted by molar-refractivity contribution is 5.86. The van der Waals surface area contributed by atoms with Gasteiger partial charge in [-0.1, -0.05) is 12.8 Å². The van der Waals surface area contributed by atoms with Crippen LogP contribution in [0.15, 0.2) is 18.3 Å². The van der Waals surface area contributed by atoms with Crippen molar-refractivity contribution in [1.82, 2.24) is 4.98 Å². The first-order chi connectivity index (χ1) is 7.83. The lowest BCUT2D eigenvalue weighted by molar-refractivity contribution is -0.120. The molecule has 1 aromatic heterocycles. The topological polar surface area (TPSA) is 39.2 Å². The third kappa shape index (κ3) is 2.23. The summed E-state index contributed by atoms with van der Waals surface area (Å²) in [5, 5.41) is 0. The van der Waals surface area contributed by atoms with Gasteiger partial charge >= 0.3 is 0 Å². The Morgan fingerprint density at radius 3 is 3.06 bits per heavy atom. The van der Waals surface area contributed by atoms with E-state index in [0.29, 0.717) is 12.2 Å². The molecule has 0 saturated heterocycles. The minimum Gasteiger partial charge on any atom is -0.495 e. The van der Waals surface area contributed by atoms with Gasteiger partial charge in [0.15, 0.2) is 0 Å². The first-order valence-electron chi connectivity index (χ1n) is 5.84. The molecule has 0 bridgehead atoms. The van der Waals surface area contributed by atoms with Crippen molar-refractivity contribution in [2.45, 2.75) is 38.0 Å². The summed E-state index contributed by atoms with van der Waals surface area (Å²) in [4.78, 5) is 16.3. The van der Waals surface area contributed by atoms with Gasteiger partial charge in [0, 0.05) is 12.6 Å². The summed E-state index contributed by atoms with van der Waals surface area (Å²) in [6.07, 6.45) is 6.60.